The molecule has 98 valence electrons. The van der Waals surface area contributed by atoms with E-state index in [4.69, 9.17) is 4.84 Å². The van der Waals surface area contributed by atoms with Gasteiger partial charge in [-0.25, -0.2) is 0 Å². The van der Waals surface area contributed by atoms with E-state index in [1.165, 1.54) is 6.20 Å². The van der Waals surface area contributed by atoms with Crippen LogP contribution < -0.4 is 42.4 Å². The molecule has 0 aromatic rings. The van der Waals surface area contributed by atoms with Crippen LogP contribution in [0.25, 0.3) is 0 Å². The number of hydroxylamine groups is 1. The molecule has 0 spiro atoms. The van der Waals surface area contributed by atoms with Gasteiger partial charge < -0.3 is 0 Å². The van der Waals surface area contributed by atoms with Crippen LogP contribution in [0.15, 0.2) is 24.2 Å². The van der Waals surface area contributed by atoms with Crippen LogP contribution in [0, 0.1) is 0 Å². The number of hydrogen-bond acceptors (Lipinski definition) is 6. The first kappa shape index (κ1) is 12.7. The fourth-order valence-electron chi connectivity index (χ4n) is 1.43. The van der Waals surface area contributed by atoms with E-state index in [1.54, 1.807) is 6.08 Å². The first-order valence-corrected chi connectivity index (χ1v) is 7.79. The molecule has 0 aromatic heterocycles. The van der Waals surface area contributed by atoms with E-state index in [9.17, 15) is 10.2 Å². The predicted octanol–water partition coefficient (Wildman–Crippen LogP) is -5.39. The third kappa shape index (κ3) is 3.63. The van der Waals surface area contributed by atoms with Crippen molar-refractivity contribution in [3.05, 3.63) is 24.2 Å². The van der Waals surface area contributed by atoms with Crippen molar-refractivity contribution < 1.29 is 46.1 Å². The zero-order chi connectivity index (χ0) is 12.3. The van der Waals surface area contributed by atoms with E-state index >= 15 is 0 Å². The van der Waals surface area contributed by atoms with Crippen LogP contribution in [0.3, 0.4) is 0 Å². The molecule has 2 unspecified atom stereocenters. The normalized spacial score (nSPS) is 33.6. The Kier molecular flexibility index (Phi) is 3.97. The van der Waals surface area contributed by atoms with Gasteiger partial charge in [0, 0.05) is 0 Å². The van der Waals surface area contributed by atoms with E-state index in [0.29, 0.717) is 6.54 Å². The summed E-state index contributed by atoms with van der Waals surface area (Å²) in [5.41, 5.74) is 5.47. The average molecular weight is 356 g/mol. The number of rotatable bonds is 3. The van der Waals surface area contributed by atoms with Crippen LogP contribution in [0.5, 0.6) is 0 Å². The average Bonchev–Trinajstić information content (AvgIpc) is 2.62. The van der Waals surface area contributed by atoms with Crippen molar-refractivity contribution in [2.24, 2.45) is 0 Å². The second kappa shape index (κ2) is 5.29. The summed E-state index contributed by atoms with van der Waals surface area (Å²) in [4.78, 5) is 9.62. The zero-order valence-electron chi connectivity index (χ0n) is 9.33. The van der Waals surface area contributed by atoms with Crippen LogP contribution in [-0.2, 0) is 9.68 Å². The van der Waals surface area contributed by atoms with Gasteiger partial charge in [0.15, 0.2) is 0 Å². The first-order chi connectivity index (χ1) is 8.07. The molecule has 0 bridgehead atoms. The van der Waals surface area contributed by atoms with Crippen molar-refractivity contribution >= 4 is 0 Å². The predicted molar refractivity (Wildman–Crippen MR) is 51.0 cm³/mol. The van der Waals surface area contributed by atoms with Gasteiger partial charge in [-0.2, -0.15) is 0 Å². The second-order valence-corrected chi connectivity index (χ2v) is 7.95. The number of allylic oxidation sites excluding steroid dienone is 1. The summed E-state index contributed by atoms with van der Waals surface area (Å²) >= 11 is -0.176. The molecule has 2 atom stereocenters. The monoisotopic (exact) mass is 356 g/mol. The third-order valence-corrected chi connectivity index (χ3v) is 5.75. The fraction of sp³-hybridized carbons (Fsp3) is 0.556. The van der Waals surface area contributed by atoms with Crippen molar-refractivity contribution in [3.63, 3.8) is 0 Å². The second-order valence-electron chi connectivity index (χ2n) is 3.92. The molecule has 0 saturated heterocycles. The number of aliphatic hydroxyl groups excluding tert-OH is 1. The van der Waals surface area contributed by atoms with E-state index in [-0.39, 0.29) is 36.6 Å². The molecule has 17 heavy (non-hydrogen) atoms. The molecule has 2 aliphatic heterocycles. The quantitative estimate of drug-likeness (QED) is 0.229. The van der Waals surface area contributed by atoms with Crippen molar-refractivity contribution in [1.29, 1.82) is 0 Å². The van der Waals surface area contributed by atoms with Crippen molar-refractivity contribution in [2.45, 2.75) is 16.9 Å². The molecule has 8 heteroatoms. The minimum absolute atomic E-state index is 0.0647. The van der Waals surface area contributed by atoms with Gasteiger partial charge in [0.1, 0.15) is 0 Å². The Morgan fingerprint density at radius 1 is 1.65 bits per heavy atom. The SMILES string of the molecule is CC1(CC[NH+]2C=C([O-])ON2)NOC(O)=CC[I-]1. The number of nitrogens with one attached hydrogen (secondary N) is 3. The molecule has 2 heterocycles. The number of hydrogen-bond donors (Lipinski definition) is 4. The standard InChI is InChI=1S/C9H15IN3O4/c1-9(10-4-2-7(14)16-11-9)3-5-13-6-8(15)17-12-13/h2,6,11-12,14-15H,3-5H2,1H3/q-1. The number of quaternary nitrogens is 1. The Morgan fingerprint density at radius 3 is 3.18 bits per heavy atom. The van der Waals surface area contributed by atoms with Gasteiger partial charge in [-0.05, 0) is 0 Å². The summed E-state index contributed by atoms with van der Waals surface area (Å²) in [6.07, 6.45) is 3.96. The molecule has 4 N–H and O–H groups in total. The van der Waals surface area contributed by atoms with Crippen molar-refractivity contribution in [1.82, 2.24) is 11.1 Å². The Bertz CT molecular complexity index is 349. The number of aliphatic hydroxyl groups is 1. The van der Waals surface area contributed by atoms with Crippen molar-refractivity contribution in [2.75, 3.05) is 11.0 Å². The van der Waals surface area contributed by atoms with E-state index in [2.05, 4.69) is 22.8 Å². The van der Waals surface area contributed by atoms with Gasteiger partial charge in [0.25, 0.3) is 0 Å². The number of halogens is 1. The fourth-order valence-corrected chi connectivity index (χ4v) is 3.92. The van der Waals surface area contributed by atoms with Crippen LogP contribution in [0.1, 0.15) is 13.3 Å². The molecule has 0 saturated carbocycles. The van der Waals surface area contributed by atoms with Crippen LogP contribution in [0.2, 0.25) is 0 Å². The third-order valence-electron chi connectivity index (χ3n) is 2.43. The molecular formula is C9H15IN3O4-. The Hall–Kier alpha value is -0.710. The molecule has 0 aliphatic carbocycles. The van der Waals surface area contributed by atoms with Gasteiger partial charge in [0.2, 0.25) is 0 Å². The molecular weight excluding hydrogens is 341 g/mol. The van der Waals surface area contributed by atoms with Gasteiger partial charge in [-0.1, -0.05) is 0 Å². The first-order valence-electron chi connectivity index (χ1n) is 5.18. The van der Waals surface area contributed by atoms with Crippen LogP contribution in [-0.4, -0.2) is 19.6 Å². The van der Waals surface area contributed by atoms with Gasteiger partial charge >= 0.3 is 109 Å². The topological polar surface area (TPSA) is 90.3 Å². The van der Waals surface area contributed by atoms with E-state index in [0.717, 1.165) is 15.9 Å². The van der Waals surface area contributed by atoms with Crippen LogP contribution in [0.4, 0.5) is 0 Å². The van der Waals surface area contributed by atoms with Crippen LogP contribution >= 0.6 is 0 Å². The summed E-state index contributed by atoms with van der Waals surface area (Å²) < 4.78 is 0.726. The molecule has 0 radical (unpaired) electrons. The molecule has 0 amide bonds. The molecule has 7 nitrogen and oxygen atoms in total. The van der Waals surface area contributed by atoms with E-state index < -0.39 is 0 Å². The molecule has 2 aliphatic rings. The molecule has 2 rings (SSSR count). The summed E-state index contributed by atoms with van der Waals surface area (Å²) in [5.74, 6) is -0.422. The summed E-state index contributed by atoms with van der Waals surface area (Å²) in [5, 5.41) is 20.9. The maximum absolute atomic E-state index is 10.8. The van der Waals surface area contributed by atoms with E-state index in [1.807, 2.05) is 0 Å². The molecule has 0 fully saturated rings. The summed E-state index contributed by atoms with van der Waals surface area (Å²) in [6.45, 7) is 2.77. The van der Waals surface area contributed by atoms with Gasteiger partial charge in [-0.15, -0.1) is 0 Å². The number of alkyl halides is 2. The van der Waals surface area contributed by atoms with Gasteiger partial charge in [-0.3, -0.25) is 0 Å². The Balaban J connectivity index is 1.82. The summed E-state index contributed by atoms with van der Waals surface area (Å²) in [6, 6.07) is 0. The Morgan fingerprint density at radius 2 is 2.47 bits per heavy atom. The molecule has 0 aromatic carbocycles. The summed E-state index contributed by atoms with van der Waals surface area (Å²) in [7, 11) is 0. The maximum atomic E-state index is 10.8. The zero-order valence-corrected chi connectivity index (χ0v) is 11.5. The Labute approximate surface area is 109 Å². The van der Waals surface area contributed by atoms with Crippen molar-refractivity contribution in [3.8, 4) is 0 Å². The van der Waals surface area contributed by atoms with Gasteiger partial charge in [0.05, 0.1) is 0 Å². The minimum atomic E-state index is -0.357.